The van der Waals surface area contributed by atoms with Crippen molar-refractivity contribution in [1.82, 2.24) is 0 Å². The molecular formula is C25H25NO2S. The van der Waals surface area contributed by atoms with Gasteiger partial charge in [0.15, 0.2) is 0 Å². The van der Waals surface area contributed by atoms with E-state index < -0.39 is 10.0 Å². The first-order valence-electron chi connectivity index (χ1n) is 10.4. The molecule has 148 valence electrons. The van der Waals surface area contributed by atoms with E-state index in [1.807, 2.05) is 12.1 Å². The van der Waals surface area contributed by atoms with Crippen molar-refractivity contribution < 1.29 is 8.42 Å². The lowest BCUT2D eigenvalue weighted by molar-refractivity contribution is 0.586. The first-order valence-corrected chi connectivity index (χ1v) is 11.8. The maximum atomic E-state index is 13.2. The maximum Gasteiger partial charge on any atom is 0.264 e. The summed E-state index contributed by atoms with van der Waals surface area (Å²) in [6, 6.07) is 25.9. The minimum absolute atomic E-state index is 0.363. The molecule has 29 heavy (non-hydrogen) atoms. The molecule has 1 saturated carbocycles. The van der Waals surface area contributed by atoms with Gasteiger partial charge in [0.25, 0.3) is 10.0 Å². The zero-order valence-corrected chi connectivity index (χ0v) is 17.2. The van der Waals surface area contributed by atoms with Crippen LogP contribution in [0.1, 0.15) is 35.4 Å². The van der Waals surface area contributed by atoms with Crippen molar-refractivity contribution in [1.29, 1.82) is 0 Å². The zero-order valence-electron chi connectivity index (χ0n) is 16.4. The fourth-order valence-electron chi connectivity index (χ4n) is 4.58. The molecule has 1 aliphatic carbocycles. The fourth-order valence-corrected chi connectivity index (χ4v) is 6.14. The summed E-state index contributed by atoms with van der Waals surface area (Å²) < 4.78 is 27.9. The molecule has 3 aromatic carbocycles. The van der Waals surface area contributed by atoms with Gasteiger partial charge < -0.3 is 0 Å². The molecule has 5 rings (SSSR count). The van der Waals surface area contributed by atoms with Crippen molar-refractivity contribution in [2.75, 3.05) is 10.8 Å². The first kappa shape index (κ1) is 18.4. The molecule has 2 unspecified atom stereocenters. The average Bonchev–Trinajstić information content (AvgIpc) is 3.53. The van der Waals surface area contributed by atoms with E-state index >= 15 is 0 Å². The van der Waals surface area contributed by atoms with Gasteiger partial charge >= 0.3 is 0 Å². The Labute approximate surface area is 173 Å². The van der Waals surface area contributed by atoms with E-state index in [9.17, 15) is 8.42 Å². The SMILES string of the molecule is O=S(=O)(c1ccccc1)N1CCCc2cc(C3CC3Cc3ccccc3)ccc21. The van der Waals surface area contributed by atoms with Crippen LogP contribution in [-0.4, -0.2) is 15.0 Å². The van der Waals surface area contributed by atoms with Crippen molar-refractivity contribution in [2.45, 2.75) is 36.5 Å². The van der Waals surface area contributed by atoms with E-state index in [0.717, 1.165) is 24.9 Å². The van der Waals surface area contributed by atoms with Gasteiger partial charge in [-0.3, -0.25) is 4.31 Å². The molecule has 0 amide bonds. The molecule has 0 N–H and O–H groups in total. The lowest BCUT2D eigenvalue weighted by Gasteiger charge is -2.31. The molecular weight excluding hydrogens is 378 g/mol. The Balaban J connectivity index is 1.38. The van der Waals surface area contributed by atoms with Crippen molar-refractivity contribution in [2.24, 2.45) is 5.92 Å². The van der Waals surface area contributed by atoms with Gasteiger partial charge in [-0.15, -0.1) is 0 Å². The summed E-state index contributed by atoms with van der Waals surface area (Å²) in [7, 11) is -3.51. The number of benzene rings is 3. The Morgan fingerprint density at radius 1 is 0.897 bits per heavy atom. The third-order valence-corrected chi connectivity index (χ3v) is 8.03. The molecule has 1 aliphatic heterocycles. The third-order valence-electron chi connectivity index (χ3n) is 6.20. The van der Waals surface area contributed by atoms with E-state index in [-0.39, 0.29) is 0 Å². The summed E-state index contributed by atoms with van der Waals surface area (Å²) in [5, 5.41) is 0. The Kier molecular flexibility index (Phi) is 4.67. The van der Waals surface area contributed by atoms with Crippen molar-refractivity contribution in [3.8, 4) is 0 Å². The van der Waals surface area contributed by atoms with Crippen LogP contribution < -0.4 is 4.31 Å². The number of rotatable bonds is 5. The third kappa shape index (κ3) is 3.58. The first-order chi connectivity index (χ1) is 14.1. The molecule has 0 saturated heterocycles. The summed E-state index contributed by atoms with van der Waals surface area (Å²) in [5.74, 6) is 1.30. The van der Waals surface area contributed by atoms with Crippen LogP contribution in [0.4, 0.5) is 5.69 Å². The van der Waals surface area contributed by atoms with Crippen molar-refractivity contribution >= 4 is 15.7 Å². The van der Waals surface area contributed by atoms with Crippen LogP contribution in [0.25, 0.3) is 0 Å². The van der Waals surface area contributed by atoms with Crippen LogP contribution in [0.15, 0.2) is 83.8 Å². The normalized spacial score (nSPS) is 20.9. The lowest BCUT2D eigenvalue weighted by atomic mass is 9.97. The van der Waals surface area contributed by atoms with Crippen molar-refractivity contribution in [3.05, 3.63) is 95.6 Å². The Bertz CT molecular complexity index is 1110. The molecule has 1 heterocycles. The fraction of sp³-hybridized carbons (Fsp3) is 0.280. The maximum absolute atomic E-state index is 13.2. The summed E-state index contributed by atoms with van der Waals surface area (Å²) in [6.07, 6.45) is 4.15. The van der Waals surface area contributed by atoms with E-state index in [2.05, 4.69) is 42.5 Å². The molecule has 3 aromatic rings. The van der Waals surface area contributed by atoms with Gasteiger partial charge in [0, 0.05) is 6.54 Å². The highest BCUT2D eigenvalue weighted by molar-refractivity contribution is 7.92. The molecule has 3 nitrogen and oxygen atoms in total. The molecule has 1 fully saturated rings. The van der Waals surface area contributed by atoms with Gasteiger partial charge in [0.05, 0.1) is 10.6 Å². The van der Waals surface area contributed by atoms with Gasteiger partial charge in [-0.25, -0.2) is 8.42 Å². The lowest BCUT2D eigenvalue weighted by Crippen LogP contribution is -2.35. The molecule has 0 bridgehead atoms. The van der Waals surface area contributed by atoms with E-state index in [1.54, 1.807) is 28.6 Å². The van der Waals surface area contributed by atoms with Crippen molar-refractivity contribution in [3.63, 3.8) is 0 Å². The minimum Gasteiger partial charge on any atom is -0.266 e. The molecule has 0 aromatic heterocycles. The number of hydrogen-bond donors (Lipinski definition) is 0. The Hall–Kier alpha value is -2.59. The standard InChI is InChI=1S/C25H25NO2S/c27-29(28,23-11-5-2-6-12-23)26-15-7-10-21-17-20(13-14-25(21)26)24-18-22(24)16-19-8-3-1-4-9-19/h1-6,8-9,11-14,17,22,24H,7,10,15-16,18H2. The van der Waals surface area contributed by atoms with Crippen LogP contribution in [0, 0.1) is 5.92 Å². The largest absolute Gasteiger partial charge is 0.266 e. The molecule has 4 heteroatoms. The van der Waals surface area contributed by atoms with Crippen LogP contribution in [-0.2, 0) is 22.9 Å². The van der Waals surface area contributed by atoms with Crippen LogP contribution in [0.2, 0.25) is 0 Å². The van der Waals surface area contributed by atoms with E-state index in [1.165, 1.54) is 23.1 Å². The monoisotopic (exact) mass is 403 g/mol. The van der Waals surface area contributed by atoms with Gasteiger partial charge in [0.2, 0.25) is 0 Å². The highest BCUT2D eigenvalue weighted by Gasteiger charge is 2.39. The number of fused-ring (bicyclic) bond motifs is 1. The summed E-state index contributed by atoms with van der Waals surface area (Å²) in [4.78, 5) is 0.363. The molecule has 2 aliphatic rings. The second-order valence-corrected chi connectivity index (χ2v) is 10.0. The number of aryl methyl sites for hydroxylation is 1. The number of sulfonamides is 1. The number of nitrogens with zero attached hydrogens (tertiary/aromatic N) is 1. The van der Waals surface area contributed by atoms with E-state index in [4.69, 9.17) is 0 Å². The predicted octanol–water partition coefficient (Wildman–Crippen LogP) is 5.17. The zero-order chi connectivity index (χ0) is 19.8. The average molecular weight is 404 g/mol. The predicted molar refractivity (Wildman–Crippen MR) is 117 cm³/mol. The van der Waals surface area contributed by atoms with Gasteiger partial charge in [-0.05, 0) is 72.4 Å². The topological polar surface area (TPSA) is 37.4 Å². The smallest absolute Gasteiger partial charge is 0.264 e. The number of hydrogen-bond acceptors (Lipinski definition) is 2. The van der Waals surface area contributed by atoms with Crippen LogP contribution >= 0.6 is 0 Å². The summed E-state index contributed by atoms with van der Waals surface area (Å²) >= 11 is 0. The Morgan fingerprint density at radius 3 is 2.38 bits per heavy atom. The number of anilines is 1. The minimum atomic E-state index is -3.51. The highest BCUT2D eigenvalue weighted by atomic mass is 32.2. The van der Waals surface area contributed by atoms with E-state index in [0.29, 0.717) is 23.3 Å². The second kappa shape index (κ2) is 7.34. The summed E-state index contributed by atoms with van der Waals surface area (Å²) in [6.45, 7) is 0.545. The molecule has 0 spiro atoms. The molecule has 0 radical (unpaired) electrons. The van der Waals surface area contributed by atoms with Crippen LogP contribution in [0.5, 0.6) is 0 Å². The van der Waals surface area contributed by atoms with Gasteiger partial charge in [0.1, 0.15) is 0 Å². The highest BCUT2D eigenvalue weighted by Crippen LogP contribution is 2.50. The molecule has 2 atom stereocenters. The van der Waals surface area contributed by atoms with Crippen LogP contribution in [0.3, 0.4) is 0 Å². The summed E-state index contributed by atoms with van der Waals surface area (Å²) in [5.41, 5.74) is 4.78. The quantitative estimate of drug-likeness (QED) is 0.589. The van der Waals surface area contributed by atoms with Gasteiger partial charge in [-0.1, -0.05) is 60.7 Å². The second-order valence-electron chi connectivity index (χ2n) is 8.17. The van der Waals surface area contributed by atoms with Gasteiger partial charge in [-0.2, -0.15) is 0 Å². The Morgan fingerprint density at radius 2 is 1.62 bits per heavy atom.